The predicted molar refractivity (Wildman–Crippen MR) is 68.7 cm³/mol. The molecule has 2 aromatic rings. The Morgan fingerprint density at radius 3 is 2.41 bits per heavy atom. The Hall–Kier alpha value is -1.96. The summed E-state index contributed by atoms with van der Waals surface area (Å²) in [7, 11) is 0. The molecule has 0 aliphatic carbocycles. The van der Waals surface area contributed by atoms with Gasteiger partial charge in [-0.15, -0.1) is 0 Å². The number of phenolic OH excluding ortho intramolecular Hbond substituents is 1. The van der Waals surface area contributed by atoms with Crippen LogP contribution in [0.25, 0.3) is 0 Å². The van der Waals surface area contributed by atoms with Gasteiger partial charge in [0.15, 0.2) is 0 Å². The lowest BCUT2D eigenvalue weighted by atomic mass is 10.1. The third-order valence-electron chi connectivity index (χ3n) is 2.81. The molecule has 2 nitrogen and oxygen atoms in total. The summed E-state index contributed by atoms with van der Waals surface area (Å²) in [4.78, 5) is 0. The largest absolute Gasteiger partial charge is 0.508 e. The molecular weight excluding hydrogens is 212 g/mol. The highest BCUT2D eigenvalue weighted by atomic mass is 16.5. The highest BCUT2D eigenvalue weighted by Crippen LogP contribution is 2.30. The fourth-order valence-corrected chi connectivity index (χ4v) is 1.63. The molecule has 0 aromatic heterocycles. The van der Waals surface area contributed by atoms with Crippen LogP contribution in [0.15, 0.2) is 42.5 Å². The van der Waals surface area contributed by atoms with E-state index in [0.717, 1.165) is 17.7 Å². The summed E-state index contributed by atoms with van der Waals surface area (Å²) >= 11 is 0. The van der Waals surface area contributed by atoms with Crippen molar-refractivity contribution in [3.63, 3.8) is 0 Å². The van der Waals surface area contributed by atoms with Crippen molar-refractivity contribution in [3.05, 3.63) is 53.6 Å². The van der Waals surface area contributed by atoms with Crippen molar-refractivity contribution in [2.75, 3.05) is 0 Å². The van der Waals surface area contributed by atoms with E-state index in [2.05, 4.69) is 6.92 Å². The van der Waals surface area contributed by atoms with E-state index in [9.17, 15) is 5.11 Å². The van der Waals surface area contributed by atoms with Crippen molar-refractivity contribution in [3.8, 4) is 17.2 Å². The summed E-state index contributed by atoms with van der Waals surface area (Å²) in [6, 6.07) is 13.3. The van der Waals surface area contributed by atoms with Crippen LogP contribution in [0.4, 0.5) is 0 Å². The molecule has 0 saturated heterocycles. The Balaban J connectivity index is 2.22. The van der Waals surface area contributed by atoms with E-state index in [1.807, 2.05) is 37.3 Å². The maximum atomic E-state index is 9.58. The van der Waals surface area contributed by atoms with Crippen LogP contribution >= 0.6 is 0 Å². The summed E-state index contributed by atoms with van der Waals surface area (Å²) in [5.74, 6) is 1.73. The minimum atomic E-state index is 0.257. The van der Waals surface area contributed by atoms with E-state index in [0.29, 0.717) is 5.75 Å². The fourth-order valence-electron chi connectivity index (χ4n) is 1.63. The lowest BCUT2D eigenvalue weighted by molar-refractivity contribution is 0.448. The molecule has 88 valence electrons. The van der Waals surface area contributed by atoms with Crippen LogP contribution in [0.1, 0.15) is 18.1 Å². The third kappa shape index (κ3) is 2.59. The van der Waals surface area contributed by atoms with E-state index >= 15 is 0 Å². The van der Waals surface area contributed by atoms with Crippen molar-refractivity contribution >= 4 is 0 Å². The summed E-state index contributed by atoms with van der Waals surface area (Å²) < 4.78 is 5.73. The molecule has 0 aliphatic heterocycles. The number of rotatable bonds is 3. The Kier molecular flexibility index (Phi) is 3.33. The zero-order chi connectivity index (χ0) is 12.3. The van der Waals surface area contributed by atoms with Gasteiger partial charge >= 0.3 is 0 Å². The summed E-state index contributed by atoms with van der Waals surface area (Å²) in [5, 5.41) is 9.58. The maximum absolute atomic E-state index is 9.58. The zero-order valence-electron chi connectivity index (χ0n) is 10.1. The number of benzene rings is 2. The van der Waals surface area contributed by atoms with Crippen molar-refractivity contribution in [1.82, 2.24) is 0 Å². The average Bonchev–Trinajstić information content (AvgIpc) is 2.36. The van der Waals surface area contributed by atoms with Gasteiger partial charge in [-0.1, -0.05) is 25.1 Å². The molecule has 0 spiro atoms. The van der Waals surface area contributed by atoms with Crippen LogP contribution in [-0.4, -0.2) is 5.11 Å². The van der Waals surface area contributed by atoms with E-state index < -0.39 is 0 Å². The molecule has 0 aliphatic rings. The lowest BCUT2D eigenvalue weighted by Gasteiger charge is -2.09. The fraction of sp³-hybridized carbons (Fsp3) is 0.200. The molecular formula is C15H16O2. The molecule has 2 aromatic carbocycles. The smallest absolute Gasteiger partial charge is 0.134 e. The first-order valence-corrected chi connectivity index (χ1v) is 5.76. The van der Waals surface area contributed by atoms with Gasteiger partial charge in [-0.25, -0.2) is 0 Å². The lowest BCUT2D eigenvalue weighted by Crippen LogP contribution is -1.88. The van der Waals surface area contributed by atoms with Gasteiger partial charge in [0, 0.05) is 5.56 Å². The number of ether oxygens (including phenoxy) is 1. The maximum Gasteiger partial charge on any atom is 0.134 e. The first-order chi connectivity index (χ1) is 8.20. The van der Waals surface area contributed by atoms with E-state index in [4.69, 9.17) is 4.74 Å². The van der Waals surface area contributed by atoms with Crippen molar-refractivity contribution in [2.24, 2.45) is 0 Å². The second kappa shape index (κ2) is 4.91. The molecule has 0 unspecified atom stereocenters. The topological polar surface area (TPSA) is 29.5 Å². The average molecular weight is 228 g/mol. The quantitative estimate of drug-likeness (QED) is 0.858. The summed E-state index contributed by atoms with van der Waals surface area (Å²) in [5.41, 5.74) is 2.04. The molecule has 1 N–H and O–H groups in total. The Morgan fingerprint density at radius 2 is 1.76 bits per heavy atom. The Morgan fingerprint density at radius 1 is 1.06 bits per heavy atom. The van der Waals surface area contributed by atoms with Crippen LogP contribution < -0.4 is 4.74 Å². The first-order valence-electron chi connectivity index (χ1n) is 5.76. The highest BCUT2D eigenvalue weighted by molar-refractivity contribution is 5.45. The molecule has 2 rings (SSSR count). The predicted octanol–water partition coefficient (Wildman–Crippen LogP) is 4.06. The summed E-state index contributed by atoms with van der Waals surface area (Å²) in [6.45, 7) is 3.96. The second-order valence-electron chi connectivity index (χ2n) is 4.00. The molecule has 0 amide bonds. The molecule has 0 saturated carbocycles. The second-order valence-corrected chi connectivity index (χ2v) is 4.00. The molecule has 17 heavy (non-hydrogen) atoms. The minimum absolute atomic E-state index is 0.257. The SMILES string of the molecule is CCc1ccc(Oc2cccc(O)c2C)cc1. The van der Waals surface area contributed by atoms with Crippen molar-refractivity contribution in [2.45, 2.75) is 20.3 Å². The number of hydrogen-bond donors (Lipinski definition) is 1. The molecule has 0 bridgehead atoms. The molecule has 0 fully saturated rings. The van der Waals surface area contributed by atoms with Gasteiger partial charge < -0.3 is 9.84 Å². The van der Waals surface area contributed by atoms with Gasteiger partial charge in [0.25, 0.3) is 0 Å². The first kappa shape index (κ1) is 11.5. The van der Waals surface area contributed by atoms with Crippen LogP contribution in [0.3, 0.4) is 0 Å². The van der Waals surface area contributed by atoms with Crippen LogP contribution in [0, 0.1) is 6.92 Å². The molecule has 0 heterocycles. The molecule has 0 radical (unpaired) electrons. The van der Waals surface area contributed by atoms with Gasteiger partial charge in [-0.05, 0) is 43.2 Å². The van der Waals surface area contributed by atoms with E-state index in [-0.39, 0.29) is 5.75 Å². The number of aryl methyl sites for hydroxylation is 1. The van der Waals surface area contributed by atoms with Crippen LogP contribution in [-0.2, 0) is 6.42 Å². The van der Waals surface area contributed by atoms with E-state index in [1.165, 1.54) is 5.56 Å². The third-order valence-corrected chi connectivity index (χ3v) is 2.81. The van der Waals surface area contributed by atoms with Crippen molar-refractivity contribution in [1.29, 1.82) is 0 Å². The Labute approximate surface area is 101 Å². The van der Waals surface area contributed by atoms with Gasteiger partial charge in [-0.2, -0.15) is 0 Å². The number of hydrogen-bond acceptors (Lipinski definition) is 2. The molecule has 0 atom stereocenters. The van der Waals surface area contributed by atoms with Gasteiger partial charge in [0.05, 0.1) is 0 Å². The van der Waals surface area contributed by atoms with Gasteiger partial charge in [0.2, 0.25) is 0 Å². The normalized spacial score (nSPS) is 10.2. The summed E-state index contributed by atoms with van der Waals surface area (Å²) in [6.07, 6.45) is 1.02. The van der Waals surface area contributed by atoms with E-state index in [1.54, 1.807) is 12.1 Å². The Bertz CT molecular complexity index is 501. The van der Waals surface area contributed by atoms with Crippen LogP contribution in [0.2, 0.25) is 0 Å². The molecule has 2 heteroatoms. The van der Waals surface area contributed by atoms with Gasteiger partial charge in [0.1, 0.15) is 17.2 Å². The van der Waals surface area contributed by atoms with Crippen molar-refractivity contribution < 1.29 is 9.84 Å². The minimum Gasteiger partial charge on any atom is -0.508 e. The highest BCUT2D eigenvalue weighted by Gasteiger charge is 2.04. The van der Waals surface area contributed by atoms with Gasteiger partial charge in [-0.3, -0.25) is 0 Å². The van der Waals surface area contributed by atoms with Crippen LogP contribution in [0.5, 0.6) is 17.2 Å². The number of aromatic hydroxyl groups is 1. The zero-order valence-corrected chi connectivity index (χ0v) is 10.1. The standard InChI is InChI=1S/C15H16O2/c1-3-12-7-9-13(10-8-12)17-15-6-4-5-14(16)11(15)2/h4-10,16H,3H2,1-2H3. The monoisotopic (exact) mass is 228 g/mol. The number of phenols is 1.